The van der Waals surface area contributed by atoms with Gasteiger partial charge in [0.2, 0.25) is 18.6 Å². The second-order valence-corrected chi connectivity index (χ2v) is 8.33. The Balaban J connectivity index is 1.15. The summed E-state index contributed by atoms with van der Waals surface area (Å²) in [6.07, 6.45) is 6.97. The largest absolute Gasteiger partial charge is 0.454 e. The zero-order chi connectivity index (χ0) is 20.1. The Hall–Kier alpha value is -2.28. The maximum absolute atomic E-state index is 12.5. The Labute approximate surface area is 172 Å². The molecule has 1 N–H and O–H groups in total. The normalized spacial score (nSPS) is 19.9. The Morgan fingerprint density at radius 2 is 1.76 bits per heavy atom. The lowest BCUT2D eigenvalue weighted by Gasteiger charge is -2.35. The third-order valence-corrected chi connectivity index (χ3v) is 6.21. The Kier molecular flexibility index (Phi) is 6.54. The predicted octanol–water partition coefficient (Wildman–Crippen LogP) is 2.15. The van der Waals surface area contributed by atoms with Crippen LogP contribution >= 0.6 is 0 Å². The van der Waals surface area contributed by atoms with E-state index in [9.17, 15) is 9.59 Å². The van der Waals surface area contributed by atoms with E-state index in [0.717, 1.165) is 43.2 Å². The van der Waals surface area contributed by atoms with Crippen molar-refractivity contribution >= 4 is 11.8 Å². The van der Waals surface area contributed by atoms with E-state index in [-0.39, 0.29) is 12.7 Å². The smallest absolute Gasteiger partial charge is 0.234 e. The average molecular weight is 402 g/mol. The molecule has 1 saturated carbocycles. The summed E-state index contributed by atoms with van der Waals surface area (Å²) < 4.78 is 10.7. The topological polar surface area (TPSA) is 71.1 Å². The van der Waals surface area contributed by atoms with Crippen molar-refractivity contribution in [2.24, 2.45) is 5.92 Å². The summed E-state index contributed by atoms with van der Waals surface area (Å²) in [5.41, 5.74) is 0.987. The summed E-state index contributed by atoms with van der Waals surface area (Å²) >= 11 is 0. The predicted molar refractivity (Wildman–Crippen MR) is 109 cm³/mol. The van der Waals surface area contributed by atoms with E-state index in [2.05, 4.69) is 10.2 Å². The number of rotatable bonds is 6. The van der Waals surface area contributed by atoms with Gasteiger partial charge in [-0.05, 0) is 36.5 Å². The second kappa shape index (κ2) is 9.48. The van der Waals surface area contributed by atoms with Gasteiger partial charge < -0.3 is 19.7 Å². The van der Waals surface area contributed by atoms with E-state index in [1.165, 1.54) is 32.1 Å². The summed E-state index contributed by atoms with van der Waals surface area (Å²) in [6.45, 7) is 4.05. The molecule has 29 heavy (non-hydrogen) atoms. The zero-order valence-electron chi connectivity index (χ0n) is 17.0. The van der Waals surface area contributed by atoms with E-state index in [4.69, 9.17) is 9.47 Å². The molecule has 7 nitrogen and oxygen atoms in total. The molecule has 158 valence electrons. The molecule has 2 aliphatic heterocycles. The quantitative estimate of drug-likeness (QED) is 0.791. The molecule has 0 bridgehead atoms. The molecule has 4 rings (SSSR count). The number of nitrogens with zero attached hydrogens (tertiary/aromatic N) is 2. The average Bonchev–Trinajstić information content (AvgIpc) is 3.21. The summed E-state index contributed by atoms with van der Waals surface area (Å²) in [7, 11) is 0. The van der Waals surface area contributed by atoms with E-state index in [1.807, 2.05) is 23.1 Å². The molecule has 1 aliphatic carbocycles. The van der Waals surface area contributed by atoms with Crippen LogP contribution in [-0.4, -0.2) is 61.1 Å². The van der Waals surface area contributed by atoms with Crippen LogP contribution in [0.3, 0.4) is 0 Å². The number of hydrogen-bond acceptors (Lipinski definition) is 5. The van der Waals surface area contributed by atoms with E-state index < -0.39 is 0 Å². The molecule has 7 heteroatoms. The fourth-order valence-electron chi connectivity index (χ4n) is 4.43. The van der Waals surface area contributed by atoms with Crippen LogP contribution in [0.4, 0.5) is 0 Å². The van der Waals surface area contributed by atoms with Gasteiger partial charge in [-0.25, -0.2) is 0 Å². The molecule has 2 amide bonds. The Morgan fingerprint density at radius 3 is 2.55 bits per heavy atom. The number of fused-ring (bicyclic) bond motifs is 1. The van der Waals surface area contributed by atoms with Crippen molar-refractivity contribution in [2.45, 2.75) is 45.1 Å². The minimum absolute atomic E-state index is 0.00430. The lowest BCUT2D eigenvalue weighted by atomic mass is 9.86. The first-order chi connectivity index (χ1) is 14.2. The number of carbonyl (C=O) groups is 2. The highest BCUT2D eigenvalue weighted by molar-refractivity contribution is 5.78. The van der Waals surface area contributed by atoms with Crippen molar-refractivity contribution in [3.05, 3.63) is 23.8 Å². The molecule has 2 heterocycles. The third kappa shape index (κ3) is 5.41. The van der Waals surface area contributed by atoms with Crippen LogP contribution in [0.2, 0.25) is 0 Å². The van der Waals surface area contributed by atoms with Crippen molar-refractivity contribution in [1.29, 1.82) is 0 Å². The fourth-order valence-corrected chi connectivity index (χ4v) is 4.43. The number of benzene rings is 1. The van der Waals surface area contributed by atoms with Crippen molar-refractivity contribution in [3.8, 4) is 11.5 Å². The molecule has 1 aromatic rings. The van der Waals surface area contributed by atoms with Crippen molar-refractivity contribution in [2.75, 3.05) is 39.5 Å². The number of nitrogens with one attached hydrogen (secondary N) is 1. The molecule has 0 aromatic heterocycles. The number of amides is 2. The standard InChI is InChI=1S/C22H31N3O4/c26-21(23-14-18-6-7-19-20(12-18)29-16-28-19)15-24-8-10-25(11-9-24)22(27)13-17-4-2-1-3-5-17/h6-7,12,17H,1-5,8-11,13-16H2,(H,23,26). The Bertz CT molecular complexity index is 725. The Morgan fingerprint density at radius 1 is 1.00 bits per heavy atom. The molecule has 0 atom stereocenters. The summed E-state index contributed by atoms with van der Waals surface area (Å²) in [6, 6.07) is 5.71. The molecule has 3 aliphatic rings. The SMILES string of the molecule is O=C(CN1CCN(C(=O)CC2CCCCC2)CC1)NCc1ccc2c(c1)OCO2. The molecule has 1 saturated heterocycles. The zero-order valence-corrected chi connectivity index (χ0v) is 17.0. The highest BCUT2D eigenvalue weighted by Gasteiger charge is 2.25. The van der Waals surface area contributed by atoms with Crippen LogP contribution in [0, 0.1) is 5.92 Å². The highest BCUT2D eigenvalue weighted by atomic mass is 16.7. The van der Waals surface area contributed by atoms with Gasteiger partial charge in [-0.1, -0.05) is 25.3 Å². The first-order valence-corrected chi connectivity index (χ1v) is 10.8. The van der Waals surface area contributed by atoms with Crippen LogP contribution in [0.15, 0.2) is 18.2 Å². The van der Waals surface area contributed by atoms with Gasteiger partial charge in [-0.3, -0.25) is 14.5 Å². The van der Waals surface area contributed by atoms with Crippen LogP contribution in [-0.2, 0) is 16.1 Å². The summed E-state index contributed by atoms with van der Waals surface area (Å²) in [5.74, 6) is 2.35. The van der Waals surface area contributed by atoms with Crippen molar-refractivity contribution < 1.29 is 19.1 Å². The minimum atomic E-state index is 0.00430. The van der Waals surface area contributed by atoms with Gasteiger partial charge in [0.15, 0.2) is 11.5 Å². The number of ether oxygens (including phenoxy) is 2. The van der Waals surface area contributed by atoms with E-state index >= 15 is 0 Å². The van der Waals surface area contributed by atoms with E-state index in [0.29, 0.717) is 31.3 Å². The van der Waals surface area contributed by atoms with Gasteiger partial charge in [-0.2, -0.15) is 0 Å². The summed E-state index contributed by atoms with van der Waals surface area (Å²) in [4.78, 5) is 29.0. The molecule has 2 fully saturated rings. The van der Waals surface area contributed by atoms with Gasteiger partial charge in [0.1, 0.15) is 0 Å². The van der Waals surface area contributed by atoms with Crippen molar-refractivity contribution in [3.63, 3.8) is 0 Å². The molecule has 0 unspecified atom stereocenters. The highest BCUT2D eigenvalue weighted by Crippen LogP contribution is 2.32. The third-order valence-electron chi connectivity index (χ3n) is 6.21. The monoisotopic (exact) mass is 401 g/mol. The van der Waals surface area contributed by atoms with Gasteiger partial charge in [0.25, 0.3) is 0 Å². The summed E-state index contributed by atoms with van der Waals surface area (Å²) in [5, 5.41) is 2.97. The first-order valence-electron chi connectivity index (χ1n) is 10.8. The number of hydrogen-bond donors (Lipinski definition) is 1. The maximum atomic E-state index is 12.5. The molecule has 0 spiro atoms. The van der Waals surface area contributed by atoms with Gasteiger partial charge in [-0.15, -0.1) is 0 Å². The number of carbonyl (C=O) groups excluding carboxylic acids is 2. The van der Waals surface area contributed by atoms with E-state index in [1.54, 1.807) is 0 Å². The van der Waals surface area contributed by atoms with Crippen LogP contribution < -0.4 is 14.8 Å². The van der Waals surface area contributed by atoms with Crippen LogP contribution in [0.5, 0.6) is 11.5 Å². The van der Waals surface area contributed by atoms with Gasteiger partial charge >= 0.3 is 0 Å². The minimum Gasteiger partial charge on any atom is -0.454 e. The lowest BCUT2D eigenvalue weighted by Crippen LogP contribution is -2.51. The van der Waals surface area contributed by atoms with Crippen molar-refractivity contribution in [1.82, 2.24) is 15.1 Å². The fraction of sp³-hybridized carbons (Fsp3) is 0.636. The molecule has 1 aromatic carbocycles. The molecular formula is C22H31N3O4. The lowest BCUT2D eigenvalue weighted by molar-refractivity contribution is -0.134. The van der Waals surface area contributed by atoms with Crippen LogP contribution in [0.25, 0.3) is 0 Å². The second-order valence-electron chi connectivity index (χ2n) is 8.33. The number of piperazine rings is 1. The van der Waals surface area contributed by atoms with Gasteiger partial charge in [0.05, 0.1) is 6.54 Å². The first kappa shape index (κ1) is 20.0. The van der Waals surface area contributed by atoms with Crippen LogP contribution in [0.1, 0.15) is 44.1 Å². The molecular weight excluding hydrogens is 370 g/mol. The van der Waals surface area contributed by atoms with Gasteiger partial charge in [0, 0.05) is 39.1 Å². The molecule has 0 radical (unpaired) electrons. The maximum Gasteiger partial charge on any atom is 0.234 e.